The van der Waals surface area contributed by atoms with Crippen molar-refractivity contribution in [3.63, 3.8) is 0 Å². The summed E-state index contributed by atoms with van der Waals surface area (Å²) in [5.74, 6) is -0.804. The van der Waals surface area contributed by atoms with Crippen LogP contribution >= 0.6 is 11.3 Å². The highest BCUT2D eigenvalue weighted by Crippen LogP contribution is 2.34. The normalized spacial score (nSPS) is 10.2. The summed E-state index contributed by atoms with van der Waals surface area (Å²) in [6.07, 6.45) is 0. The molecule has 0 aliphatic heterocycles. The molecular weight excluding hydrogens is 412 g/mol. The zero-order valence-corrected chi connectivity index (χ0v) is 18.4. The molecule has 1 aromatic carbocycles. The fourth-order valence-electron chi connectivity index (χ4n) is 2.71. The number of aryl methyl sites for hydroxylation is 1. The number of hydrogen-bond acceptors (Lipinski definition) is 9. The fourth-order valence-corrected chi connectivity index (χ4v) is 3.78. The first kappa shape index (κ1) is 23.0. The minimum absolute atomic E-state index is 0.171. The van der Waals surface area contributed by atoms with Gasteiger partial charge in [-0.05, 0) is 19.4 Å². The summed E-state index contributed by atoms with van der Waals surface area (Å²) in [5.41, 5.74) is 1.60. The molecule has 0 radical (unpaired) electrons. The second kappa shape index (κ2) is 9.97. The van der Waals surface area contributed by atoms with Crippen molar-refractivity contribution >= 4 is 39.9 Å². The van der Waals surface area contributed by atoms with Gasteiger partial charge in [0.2, 0.25) is 5.91 Å². The second-order valence-electron chi connectivity index (χ2n) is 6.13. The molecule has 2 aromatic rings. The average Bonchev–Trinajstić information content (AvgIpc) is 3.03. The van der Waals surface area contributed by atoms with E-state index in [1.165, 1.54) is 51.9 Å². The topological polar surface area (TPSA) is 112 Å². The molecule has 1 amide bonds. The summed E-state index contributed by atoms with van der Waals surface area (Å²) >= 11 is 1.29. The van der Waals surface area contributed by atoms with Gasteiger partial charge in [0.1, 0.15) is 5.00 Å². The lowest BCUT2D eigenvalue weighted by Gasteiger charge is -2.15. The molecule has 0 saturated carbocycles. The van der Waals surface area contributed by atoms with Crippen LogP contribution in [0.4, 0.5) is 10.7 Å². The van der Waals surface area contributed by atoms with Gasteiger partial charge in [-0.15, -0.1) is 11.3 Å². The molecule has 10 heteroatoms. The fraction of sp³-hybridized carbons (Fsp3) is 0.350. The summed E-state index contributed by atoms with van der Waals surface area (Å²) in [7, 11) is 5.45. The third kappa shape index (κ3) is 4.82. The van der Waals surface area contributed by atoms with E-state index < -0.39 is 17.8 Å². The number of ether oxygens (including phenoxy) is 4. The van der Waals surface area contributed by atoms with Crippen molar-refractivity contribution in [3.05, 3.63) is 33.7 Å². The van der Waals surface area contributed by atoms with Gasteiger partial charge in [-0.25, -0.2) is 9.59 Å². The zero-order valence-electron chi connectivity index (χ0n) is 17.6. The Hall–Kier alpha value is -3.27. The van der Waals surface area contributed by atoms with Crippen molar-refractivity contribution in [3.8, 4) is 11.5 Å². The number of nitrogens with one attached hydrogen (secondary N) is 2. The van der Waals surface area contributed by atoms with E-state index >= 15 is 0 Å². The predicted molar refractivity (Wildman–Crippen MR) is 113 cm³/mol. The maximum Gasteiger partial charge on any atom is 0.341 e. The van der Waals surface area contributed by atoms with Crippen LogP contribution in [0.25, 0.3) is 0 Å². The monoisotopic (exact) mass is 436 g/mol. The molecule has 30 heavy (non-hydrogen) atoms. The van der Waals surface area contributed by atoms with E-state index in [2.05, 4.69) is 10.6 Å². The number of carbonyl (C=O) groups is 3. The number of thiophene rings is 1. The second-order valence-corrected chi connectivity index (χ2v) is 7.35. The summed E-state index contributed by atoms with van der Waals surface area (Å²) in [5, 5.41) is 6.02. The van der Waals surface area contributed by atoms with Crippen molar-refractivity contribution in [2.24, 2.45) is 0 Å². The minimum Gasteiger partial charge on any atom is -0.493 e. The van der Waals surface area contributed by atoms with Crippen LogP contribution in [0.3, 0.4) is 0 Å². The van der Waals surface area contributed by atoms with Gasteiger partial charge in [-0.3, -0.25) is 4.79 Å². The van der Waals surface area contributed by atoms with E-state index in [-0.39, 0.29) is 12.1 Å². The largest absolute Gasteiger partial charge is 0.493 e. The molecule has 2 N–H and O–H groups in total. The van der Waals surface area contributed by atoms with Gasteiger partial charge in [-0.1, -0.05) is 0 Å². The number of carbonyl (C=O) groups excluding carboxylic acids is 3. The molecule has 0 aliphatic rings. The molecule has 0 spiro atoms. The van der Waals surface area contributed by atoms with Crippen LogP contribution in [-0.2, 0) is 14.3 Å². The third-order valence-electron chi connectivity index (χ3n) is 4.40. The Bertz CT molecular complexity index is 969. The average molecular weight is 436 g/mol. The molecule has 2 rings (SSSR count). The van der Waals surface area contributed by atoms with Crippen LogP contribution < -0.4 is 20.1 Å². The van der Waals surface area contributed by atoms with Crippen LogP contribution in [0.1, 0.15) is 31.2 Å². The third-order valence-corrected chi connectivity index (χ3v) is 5.52. The number of benzene rings is 1. The van der Waals surface area contributed by atoms with Crippen LogP contribution in [-0.4, -0.2) is 52.8 Å². The van der Waals surface area contributed by atoms with Crippen LogP contribution in [0, 0.1) is 13.8 Å². The van der Waals surface area contributed by atoms with Gasteiger partial charge >= 0.3 is 11.9 Å². The smallest absolute Gasteiger partial charge is 0.341 e. The van der Waals surface area contributed by atoms with E-state index in [9.17, 15) is 14.4 Å². The number of amides is 1. The number of esters is 2. The summed E-state index contributed by atoms with van der Waals surface area (Å²) in [4.78, 5) is 37.6. The van der Waals surface area contributed by atoms with Gasteiger partial charge < -0.3 is 29.6 Å². The summed E-state index contributed by atoms with van der Waals surface area (Å²) in [6, 6.07) is 3.00. The first-order chi connectivity index (χ1) is 14.3. The van der Waals surface area contributed by atoms with E-state index in [1.54, 1.807) is 6.92 Å². The van der Waals surface area contributed by atoms with Crippen LogP contribution in [0.15, 0.2) is 12.1 Å². The molecular formula is C20H24N2O7S. The molecule has 0 atom stereocenters. The number of methoxy groups -OCH3 is 4. The molecule has 9 nitrogen and oxygen atoms in total. The number of anilines is 2. The molecule has 0 unspecified atom stereocenters. The lowest BCUT2D eigenvalue weighted by Crippen LogP contribution is -2.23. The van der Waals surface area contributed by atoms with E-state index in [0.29, 0.717) is 27.8 Å². The Morgan fingerprint density at radius 3 is 2.10 bits per heavy atom. The Labute approximate surface area is 178 Å². The van der Waals surface area contributed by atoms with E-state index in [0.717, 1.165) is 10.4 Å². The van der Waals surface area contributed by atoms with Crippen molar-refractivity contribution in [2.45, 2.75) is 13.8 Å². The minimum atomic E-state index is -0.601. The maximum atomic E-state index is 12.5. The zero-order chi connectivity index (χ0) is 22.4. The lowest BCUT2D eigenvalue weighted by molar-refractivity contribution is -0.114. The lowest BCUT2D eigenvalue weighted by atomic mass is 10.1. The number of hydrogen-bond donors (Lipinski definition) is 2. The van der Waals surface area contributed by atoms with Crippen molar-refractivity contribution < 1.29 is 33.3 Å². The van der Waals surface area contributed by atoms with Gasteiger partial charge in [0.05, 0.1) is 51.8 Å². The molecule has 162 valence electrons. The Morgan fingerprint density at radius 2 is 1.53 bits per heavy atom. The molecule has 1 heterocycles. The van der Waals surface area contributed by atoms with Gasteiger partial charge in [0.25, 0.3) is 0 Å². The Morgan fingerprint density at radius 1 is 0.933 bits per heavy atom. The van der Waals surface area contributed by atoms with Crippen molar-refractivity contribution in [1.29, 1.82) is 0 Å². The van der Waals surface area contributed by atoms with Crippen LogP contribution in [0.2, 0.25) is 0 Å². The quantitative estimate of drug-likeness (QED) is 0.608. The van der Waals surface area contributed by atoms with Crippen molar-refractivity contribution in [1.82, 2.24) is 0 Å². The van der Waals surface area contributed by atoms with Crippen molar-refractivity contribution in [2.75, 3.05) is 45.6 Å². The summed E-state index contributed by atoms with van der Waals surface area (Å²) in [6.45, 7) is 3.47. The first-order valence-electron chi connectivity index (χ1n) is 8.83. The molecule has 0 bridgehead atoms. The first-order valence-corrected chi connectivity index (χ1v) is 9.65. The van der Waals surface area contributed by atoms with Crippen LogP contribution in [0.5, 0.6) is 11.5 Å². The maximum absolute atomic E-state index is 12.5. The highest BCUT2D eigenvalue weighted by Gasteiger charge is 2.22. The molecule has 0 fully saturated rings. The highest BCUT2D eigenvalue weighted by atomic mass is 32.1. The molecule has 0 saturated heterocycles. The summed E-state index contributed by atoms with van der Waals surface area (Å²) < 4.78 is 20.1. The van der Waals surface area contributed by atoms with E-state index in [4.69, 9.17) is 18.9 Å². The highest BCUT2D eigenvalue weighted by molar-refractivity contribution is 7.16. The van der Waals surface area contributed by atoms with Gasteiger partial charge in [0.15, 0.2) is 11.5 Å². The van der Waals surface area contributed by atoms with E-state index in [1.807, 2.05) is 6.92 Å². The predicted octanol–water partition coefficient (Wildman–Crippen LogP) is 3.01. The Kier molecular flexibility index (Phi) is 7.65. The standard InChI is InChI=1S/C20H24N2O7S/c1-10-11(2)30-18(17(10)20(25)29-6)22-16(23)9-21-13-8-15(27-4)14(26-3)7-12(13)19(24)28-5/h7-8,21H,9H2,1-6H3,(H,22,23). The van der Waals surface area contributed by atoms with Gasteiger partial charge in [-0.2, -0.15) is 0 Å². The SMILES string of the molecule is COC(=O)c1cc(OC)c(OC)cc1NCC(=O)Nc1sc(C)c(C)c1C(=O)OC. The number of rotatable bonds is 8. The molecule has 0 aliphatic carbocycles. The molecule has 1 aromatic heterocycles. The Balaban J connectivity index is 2.23. The van der Waals surface area contributed by atoms with Gasteiger partial charge in [0, 0.05) is 17.0 Å².